The van der Waals surface area contributed by atoms with Crippen molar-refractivity contribution in [1.29, 1.82) is 0 Å². The number of hydrogen-bond donors (Lipinski definition) is 0. The molecule has 1 aromatic rings. The molecule has 72 valence electrons. The minimum atomic E-state index is -2.55. The zero-order valence-electron chi connectivity index (χ0n) is 6.82. The molecule has 0 unspecified atom stereocenters. The van der Waals surface area contributed by atoms with Gasteiger partial charge >= 0.3 is 0 Å². The van der Waals surface area contributed by atoms with Crippen molar-refractivity contribution in [2.45, 2.75) is 18.7 Å². The molecule has 0 aliphatic heterocycles. The predicted octanol–water partition coefficient (Wildman–Crippen LogP) is 3.88. The van der Waals surface area contributed by atoms with Crippen LogP contribution in [0.3, 0.4) is 0 Å². The number of hydrogen-bond acceptors (Lipinski definition) is 1. The summed E-state index contributed by atoms with van der Waals surface area (Å²) in [4.78, 5) is 3.60. The average molecular weight is 271 g/mol. The van der Waals surface area contributed by atoms with Crippen molar-refractivity contribution in [2.75, 3.05) is 0 Å². The van der Waals surface area contributed by atoms with Gasteiger partial charge in [0, 0.05) is 11.5 Å². The molecule has 0 aliphatic carbocycles. The van der Waals surface area contributed by atoms with Gasteiger partial charge in [0.25, 0.3) is 6.43 Å². The molecule has 0 saturated carbocycles. The minimum Gasteiger partial charge on any atom is -0.253 e. The molecule has 0 fully saturated rings. The molecule has 0 radical (unpaired) electrons. The molecule has 1 aromatic heterocycles. The largest absolute Gasteiger partial charge is 0.280 e. The van der Waals surface area contributed by atoms with Gasteiger partial charge in [0.2, 0.25) is 0 Å². The van der Waals surface area contributed by atoms with Crippen LogP contribution in [0.5, 0.6) is 0 Å². The lowest BCUT2D eigenvalue weighted by Gasteiger charge is -2.09. The van der Waals surface area contributed by atoms with Gasteiger partial charge in [-0.05, 0) is 18.1 Å². The van der Waals surface area contributed by atoms with Crippen molar-refractivity contribution >= 4 is 27.5 Å². The number of aromatic nitrogens is 1. The lowest BCUT2D eigenvalue weighted by molar-refractivity contribution is 0.145. The van der Waals surface area contributed by atoms with Crippen LogP contribution in [0.2, 0.25) is 5.02 Å². The van der Waals surface area contributed by atoms with E-state index in [-0.39, 0.29) is 5.69 Å². The Morgan fingerprint density at radius 3 is 2.69 bits per heavy atom. The van der Waals surface area contributed by atoms with Gasteiger partial charge < -0.3 is 0 Å². The third-order valence-corrected chi connectivity index (χ3v) is 2.72. The Bertz CT molecular complexity index is 317. The van der Waals surface area contributed by atoms with Crippen molar-refractivity contribution in [3.63, 3.8) is 0 Å². The number of pyridine rings is 1. The van der Waals surface area contributed by atoms with E-state index in [1.165, 1.54) is 6.20 Å². The fraction of sp³-hybridized carbons (Fsp3) is 0.375. The van der Waals surface area contributed by atoms with Crippen LogP contribution >= 0.6 is 27.5 Å². The van der Waals surface area contributed by atoms with Gasteiger partial charge in [-0.25, -0.2) is 8.78 Å². The first-order valence-electron chi connectivity index (χ1n) is 3.56. The smallest absolute Gasteiger partial charge is 0.253 e. The van der Waals surface area contributed by atoms with E-state index in [1.807, 2.05) is 0 Å². The van der Waals surface area contributed by atoms with Crippen LogP contribution in [0.4, 0.5) is 8.78 Å². The first kappa shape index (κ1) is 10.9. The van der Waals surface area contributed by atoms with Gasteiger partial charge in [0.1, 0.15) is 5.69 Å². The van der Waals surface area contributed by atoms with Gasteiger partial charge in [-0.3, -0.25) is 4.98 Å². The van der Waals surface area contributed by atoms with Crippen LogP contribution in [0.1, 0.15) is 23.2 Å². The summed E-state index contributed by atoms with van der Waals surface area (Å²) in [6.45, 7) is 1.70. The summed E-state index contributed by atoms with van der Waals surface area (Å²) in [5.74, 6) is 0. The van der Waals surface area contributed by atoms with Crippen LogP contribution in [0, 0.1) is 6.92 Å². The molecule has 0 N–H and O–H groups in total. The molecule has 0 saturated heterocycles. The Labute approximate surface area is 88.2 Å². The van der Waals surface area contributed by atoms with Gasteiger partial charge in [-0.2, -0.15) is 0 Å². The van der Waals surface area contributed by atoms with Crippen LogP contribution in [-0.2, 0) is 5.33 Å². The maximum atomic E-state index is 12.4. The Morgan fingerprint density at radius 1 is 1.62 bits per heavy atom. The van der Waals surface area contributed by atoms with Crippen molar-refractivity contribution in [2.24, 2.45) is 0 Å². The molecule has 0 bridgehead atoms. The third-order valence-electron chi connectivity index (χ3n) is 1.78. The SMILES string of the molecule is Cc1c(Cl)cnc(C(F)F)c1CBr. The Hall–Kier alpha value is -0.220. The van der Waals surface area contributed by atoms with Crippen molar-refractivity contribution in [3.8, 4) is 0 Å². The highest BCUT2D eigenvalue weighted by Gasteiger charge is 2.17. The van der Waals surface area contributed by atoms with Crippen LogP contribution in [0.25, 0.3) is 0 Å². The fourth-order valence-electron chi connectivity index (χ4n) is 0.994. The molecule has 13 heavy (non-hydrogen) atoms. The highest BCUT2D eigenvalue weighted by Crippen LogP contribution is 2.28. The van der Waals surface area contributed by atoms with Crippen LogP contribution in [0.15, 0.2) is 6.20 Å². The monoisotopic (exact) mass is 269 g/mol. The van der Waals surface area contributed by atoms with E-state index in [0.717, 1.165) is 0 Å². The second-order valence-electron chi connectivity index (χ2n) is 2.53. The standard InChI is InChI=1S/C8H7BrClF2N/c1-4-5(2-9)7(8(11)12)13-3-6(4)10/h3,8H,2H2,1H3. The third kappa shape index (κ3) is 2.17. The number of alkyl halides is 3. The summed E-state index contributed by atoms with van der Waals surface area (Å²) in [6, 6.07) is 0. The predicted molar refractivity (Wildman–Crippen MR) is 51.6 cm³/mol. The van der Waals surface area contributed by atoms with E-state index in [1.54, 1.807) is 6.92 Å². The molecule has 0 atom stereocenters. The van der Waals surface area contributed by atoms with Crippen molar-refractivity contribution < 1.29 is 8.78 Å². The fourth-order valence-corrected chi connectivity index (χ4v) is 1.86. The Kier molecular flexibility index (Phi) is 3.62. The quantitative estimate of drug-likeness (QED) is 0.743. The highest BCUT2D eigenvalue weighted by atomic mass is 79.9. The zero-order chi connectivity index (χ0) is 10.0. The maximum absolute atomic E-state index is 12.4. The topological polar surface area (TPSA) is 12.9 Å². The van der Waals surface area contributed by atoms with Crippen LogP contribution in [-0.4, -0.2) is 4.98 Å². The Balaban J connectivity index is 3.30. The normalized spacial score (nSPS) is 10.9. The van der Waals surface area contributed by atoms with Gasteiger partial charge in [0.15, 0.2) is 0 Å². The van der Waals surface area contributed by atoms with E-state index >= 15 is 0 Å². The minimum absolute atomic E-state index is 0.196. The molecule has 1 rings (SSSR count). The van der Waals surface area contributed by atoms with E-state index < -0.39 is 6.43 Å². The zero-order valence-corrected chi connectivity index (χ0v) is 9.16. The molecular formula is C8H7BrClF2N. The number of rotatable bonds is 2. The summed E-state index contributed by atoms with van der Waals surface area (Å²) in [6.07, 6.45) is -1.30. The molecule has 0 aliphatic rings. The number of halogens is 4. The molecule has 0 spiro atoms. The lowest BCUT2D eigenvalue weighted by atomic mass is 10.1. The van der Waals surface area contributed by atoms with E-state index in [2.05, 4.69) is 20.9 Å². The average Bonchev–Trinajstić information content (AvgIpc) is 2.09. The van der Waals surface area contributed by atoms with Crippen molar-refractivity contribution in [1.82, 2.24) is 4.98 Å². The maximum Gasteiger partial charge on any atom is 0.280 e. The summed E-state index contributed by atoms with van der Waals surface area (Å²) in [5, 5.41) is 0.755. The van der Waals surface area contributed by atoms with Gasteiger partial charge in [0.05, 0.1) is 5.02 Å². The van der Waals surface area contributed by atoms with E-state index in [9.17, 15) is 8.78 Å². The van der Waals surface area contributed by atoms with Gasteiger partial charge in [-0.15, -0.1) is 0 Å². The molecule has 1 heterocycles. The van der Waals surface area contributed by atoms with E-state index in [4.69, 9.17) is 11.6 Å². The molecule has 5 heteroatoms. The molecule has 1 nitrogen and oxygen atoms in total. The van der Waals surface area contributed by atoms with Gasteiger partial charge in [-0.1, -0.05) is 27.5 Å². The second-order valence-corrected chi connectivity index (χ2v) is 3.50. The molecule has 0 amide bonds. The first-order chi connectivity index (χ1) is 6.07. The van der Waals surface area contributed by atoms with Crippen molar-refractivity contribution in [3.05, 3.63) is 28.0 Å². The second kappa shape index (κ2) is 4.33. The first-order valence-corrected chi connectivity index (χ1v) is 5.05. The summed E-state index contributed by atoms with van der Waals surface area (Å²) >= 11 is 8.87. The number of nitrogens with zero attached hydrogens (tertiary/aromatic N) is 1. The van der Waals surface area contributed by atoms with E-state index in [0.29, 0.717) is 21.5 Å². The van der Waals surface area contributed by atoms with Crippen LogP contribution < -0.4 is 0 Å². The summed E-state index contributed by atoms with van der Waals surface area (Å²) < 4.78 is 24.8. The Morgan fingerprint density at radius 2 is 2.23 bits per heavy atom. The molecular weight excluding hydrogens is 263 g/mol. The summed E-state index contributed by atoms with van der Waals surface area (Å²) in [5.41, 5.74) is 0.935. The lowest BCUT2D eigenvalue weighted by Crippen LogP contribution is -1.99. The summed E-state index contributed by atoms with van der Waals surface area (Å²) in [7, 11) is 0. The molecule has 0 aromatic carbocycles. The highest BCUT2D eigenvalue weighted by molar-refractivity contribution is 9.08.